The molecule has 4 rings (SSSR count). The highest BCUT2D eigenvalue weighted by molar-refractivity contribution is 8.03. The second kappa shape index (κ2) is 9.24. The number of fused-ring (bicyclic) bond motifs is 1. The molecule has 33 heavy (non-hydrogen) atoms. The first-order valence-corrected chi connectivity index (χ1v) is 12.3. The van der Waals surface area contributed by atoms with Crippen molar-refractivity contribution in [3.8, 4) is 0 Å². The van der Waals surface area contributed by atoms with Gasteiger partial charge in [0.2, 0.25) is 17.7 Å². The summed E-state index contributed by atoms with van der Waals surface area (Å²) in [6.07, 6.45) is 1.39. The zero-order valence-electron chi connectivity index (χ0n) is 18.8. The number of carbonyl (C=O) groups is 4. The number of rotatable bonds is 7. The second-order valence-corrected chi connectivity index (χ2v) is 10.7. The summed E-state index contributed by atoms with van der Waals surface area (Å²) in [7, 11) is 0. The summed E-state index contributed by atoms with van der Waals surface area (Å²) >= 11 is 1.44. The fraction of sp³-hybridized carbons (Fsp3) is 0.714. The van der Waals surface area contributed by atoms with Crippen LogP contribution in [0.1, 0.15) is 26.7 Å². The summed E-state index contributed by atoms with van der Waals surface area (Å²) in [4.78, 5) is 53.3. The average Bonchev–Trinajstić information content (AvgIpc) is 3.46. The van der Waals surface area contributed by atoms with Gasteiger partial charge in [0.25, 0.3) is 0 Å². The number of carboxylic acid groups (broad SMARTS) is 1. The van der Waals surface area contributed by atoms with E-state index in [4.69, 9.17) is 11.5 Å². The summed E-state index contributed by atoms with van der Waals surface area (Å²) in [6.45, 7) is 5.30. The highest BCUT2D eigenvalue weighted by Gasteiger charge is 2.60. The molecule has 0 bridgehead atoms. The summed E-state index contributed by atoms with van der Waals surface area (Å²) in [5.41, 5.74) is 11.3. The molecule has 3 fully saturated rings. The van der Waals surface area contributed by atoms with Crippen LogP contribution in [0.4, 0.5) is 0 Å². The predicted molar refractivity (Wildman–Crippen MR) is 122 cm³/mol. The number of nitrogens with two attached hydrogens (primary N) is 2. The van der Waals surface area contributed by atoms with Crippen LogP contribution in [0.3, 0.4) is 0 Å². The Morgan fingerprint density at radius 1 is 1.36 bits per heavy atom. The molecule has 7 atom stereocenters. The third kappa shape index (κ3) is 4.25. The van der Waals surface area contributed by atoms with Crippen LogP contribution in [0, 0.1) is 11.8 Å². The number of likely N-dealkylation sites (tertiary alicyclic amines) is 1. The van der Waals surface area contributed by atoms with Gasteiger partial charge in [-0.05, 0) is 19.8 Å². The van der Waals surface area contributed by atoms with Crippen molar-refractivity contribution in [2.75, 3.05) is 26.2 Å². The van der Waals surface area contributed by atoms with Gasteiger partial charge in [-0.25, -0.2) is 4.79 Å². The number of thioether (sulfide) groups is 1. The predicted octanol–water partition coefficient (Wildman–Crippen LogP) is -1.75. The van der Waals surface area contributed by atoms with Gasteiger partial charge < -0.3 is 37.0 Å². The fourth-order valence-corrected chi connectivity index (χ4v) is 6.95. The Bertz CT molecular complexity index is 896. The van der Waals surface area contributed by atoms with Gasteiger partial charge in [-0.2, -0.15) is 0 Å². The molecule has 3 saturated heterocycles. The van der Waals surface area contributed by atoms with Crippen molar-refractivity contribution in [1.29, 1.82) is 0 Å². The molecule has 11 nitrogen and oxygen atoms in total. The number of amides is 3. The van der Waals surface area contributed by atoms with Crippen molar-refractivity contribution in [1.82, 2.24) is 20.4 Å². The molecule has 1 unspecified atom stereocenters. The van der Waals surface area contributed by atoms with Gasteiger partial charge in [-0.3, -0.25) is 14.4 Å². The van der Waals surface area contributed by atoms with Gasteiger partial charge in [0.1, 0.15) is 5.70 Å². The van der Waals surface area contributed by atoms with E-state index in [0.29, 0.717) is 31.0 Å². The molecule has 0 spiro atoms. The monoisotopic (exact) mass is 480 g/mol. The van der Waals surface area contributed by atoms with Crippen LogP contribution < -0.4 is 22.1 Å². The van der Waals surface area contributed by atoms with Gasteiger partial charge >= 0.3 is 5.97 Å². The van der Waals surface area contributed by atoms with Gasteiger partial charge in [-0.15, -0.1) is 11.8 Å². The fourth-order valence-electron chi connectivity index (χ4n) is 5.47. The zero-order chi connectivity index (χ0) is 24.0. The van der Waals surface area contributed by atoms with Gasteiger partial charge in [0, 0.05) is 47.8 Å². The molecule has 4 aliphatic rings. The molecule has 3 amide bonds. The second-order valence-electron chi connectivity index (χ2n) is 9.36. The minimum atomic E-state index is -1.14. The van der Waals surface area contributed by atoms with Gasteiger partial charge in [0.15, 0.2) is 0 Å². The van der Waals surface area contributed by atoms with Crippen molar-refractivity contribution in [2.45, 2.75) is 56.1 Å². The van der Waals surface area contributed by atoms with Gasteiger partial charge in [0.05, 0.1) is 24.5 Å². The maximum Gasteiger partial charge on any atom is 0.353 e. The molecule has 0 aliphatic carbocycles. The molecule has 0 saturated carbocycles. The Balaban J connectivity index is 1.44. The molecule has 182 valence electrons. The lowest BCUT2D eigenvalue weighted by atomic mass is 9.78. The number of nitrogens with one attached hydrogen (secondary N) is 2. The number of hydrogen-bond donors (Lipinski definition) is 5. The maximum absolute atomic E-state index is 12.9. The van der Waals surface area contributed by atoms with Crippen LogP contribution in [0.25, 0.3) is 0 Å². The van der Waals surface area contributed by atoms with E-state index in [1.807, 2.05) is 6.92 Å². The highest BCUT2D eigenvalue weighted by Crippen LogP contribution is 2.51. The summed E-state index contributed by atoms with van der Waals surface area (Å²) in [5, 5.41) is 15.9. The van der Waals surface area contributed by atoms with E-state index < -0.39 is 17.9 Å². The van der Waals surface area contributed by atoms with Crippen molar-refractivity contribution in [3.63, 3.8) is 0 Å². The number of aliphatic carboxylic acids is 1. The topological polar surface area (TPSA) is 171 Å². The standard InChI is InChI=1S/C21H32N6O5S/c1-9-16-15(10(2)25-14(28)6-22)20(30)27(16)17(21(31)32)18(9)33-12-5-13(24-7-12)19(29)26-4-3-11(23)8-26/h9-13,15-16,24H,3-8,22-23H2,1-2H3,(H,25,28)(H,31,32)/t9-,10?,11-,12+,13+,15-,16-/m1/s1. The van der Waals surface area contributed by atoms with Crippen LogP contribution in [0.5, 0.6) is 0 Å². The van der Waals surface area contributed by atoms with Crippen molar-refractivity contribution in [2.24, 2.45) is 23.3 Å². The lowest BCUT2D eigenvalue weighted by Gasteiger charge is -2.47. The molecule has 12 heteroatoms. The first kappa shape index (κ1) is 24.0. The Hall–Kier alpha value is -2.15. The summed E-state index contributed by atoms with van der Waals surface area (Å²) in [6, 6.07) is -1.05. The Morgan fingerprint density at radius 2 is 2.09 bits per heavy atom. The molecule has 4 aliphatic heterocycles. The van der Waals surface area contributed by atoms with E-state index in [0.717, 1.165) is 6.42 Å². The van der Waals surface area contributed by atoms with E-state index in [9.17, 15) is 24.3 Å². The molecule has 0 aromatic carbocycles. The van der Waals surface area contributed by atoms with Crippen LogP contribution in [-0.4, -0.2) is 94.2 Å². The number of nitrogens with zero attached hydrogens (tertiary/aromatic N) is 2. The quantitative estimate of drug-likeness (QED) is 0.265. The van der Waals surface area contributed by atoms with Crippen molar-refractivity contribution < 1.29 is 24.3 Å². The summed E-state index contributed by atoms with van der Waals surface area (Å²) < 4.78 is 0. The molecule has 0 aromatic rings. The first-order chi connectivity index (χ1) is 15.6. The number of carboxylic acids is 1. The Kier molecular flexibility index (Phi) is 6.72. The largest absolute Gasteiger partial charge is 0.477 e. The first-order valence-electron chi connectivity index (χ1n) is 11.4. The minimum Gasteiger partial charge on any atom is -0.477 e. The van der Waals surface area contributed by atoms with E-state index in [-0.39, 0.29) is 59.3 Å². The Morgan fingerprint density at radius 3 is 2.70 bits per heavy atom. The van der Waals surface area contributed by atoms with Crippen LogP contribution in [0.2, 0.25) is 0 Å². The van der Waals surface area contributed by atoms with E-state index >= 15 is 0 Å². The third-order valence-corrected chi connectivity index (χ3v) is 8.63. The van der Waals surface area contributed by atoms with Crippen molar-refractivity contribution >= 4 is 35.5 Å². The van der Waals surface area contributed by atoms with Crippen LogP contribution in [-0.2, 0) is 19.2 Å². The molecule has 0 aromatic heterocycles. The zero-order valence-corrected chi connectivity index (χ0v) is 19.6. The Labute approximate surface area is 196 Å². The number of carbonyl (C=O) groups excluding carboxylic acids is 3. The lowest BCUT2D eigenvalue weighted by molar-refractivity contribution is -0.158. The lowest BCUT2D eigenvalue weighted by Crippen LogP contribution is -2.66. The van der Waals surface area contributed by atoms with Crippen LogP contribution in [0.15, 0.2) is 10.6 Å². The van der Waals surface area contributed by atoms with Crippen LogP contribution >= 0.6 is 11.8 Å². The maximum atomic E-state index is 12.9. The van der Waals surface area contributed by atoms with E-state index in [2.05, 4.69) is 10.6 Å². The molecular formula is C21H32N6O5S. The highest BCUT2D eigenvalue weighted by atomic mass is 32.2. The molecular weight excluding hydrogens is 448 g/mol. The van der Waals surface area contributed by atoms with E-state index in [1.54, 1.807) is 11.8 Å². The normalized spacial score (nSPS) is 34.4. The smallest absolute Gasteiger partial charge is 0.353 e. The third-order valence-electron chi connectivity index (χ3n) is 7.12. The minimum absolute atomic E-state index is 0.0173. The molecule has 4 heterocycles. The van der Waals surface area contributed by atoms with E-state index in [1.165, 1.54) is 16.7 Å². The van der Waals surface area contributed by atoms with Crippen molar-refractivity contribution in [3.05, 3.63) is 10.6 Å². The number of hydrogen-bond acceptors (Lipinski definition) is 8. The molecule has 7 N–H and O–H groups in total. The summed E-state index contributed by atoms with van der Waals surface area (Å²) in [5.74, 6) is -2.44. The number of β-lactam (4-membered cyclic amide) rings is 1. The average molecular weight is 481 g/mol. The SMILES string of the molecule is CC(NC(=O)CN)[C@H]1C(=O)N2C(C(=O)O)=C(S[C@@H]3CN[C@H](C(=O)N4CC[C@@H](N)C4)C3)[C@H](C)[C@H]12. The molecule has 0 radical (unpaired) electrons. The van der Waals surface area contributed by atoms with Gasteiger partial charge in [-0.1, -0.05) is 6.92 Å².